The van der Waals surface area contributed by atoms with Crippen molar-refractivity contribution in [3.63, 3.8) is 0 Å². The van der Waals surface area contributed by atoms with Crippen molar-refractivity contribution in [3.8, 4) is 0 Å². The van der Waals surface area contributed by atoms with Crippen LogP contribution < -0.4 is 28.5 Å². The Balaban J connectivity index is 0.00000144. The Morgan fingerprint density at radius 1 is 1.53 bits per heavy atom. The summed E-state index contributed by atoms with van der Waals surface area (Å²) in [7, 11) is 0. The molecule has 2 rings (SSSR count). The Labute approximate surface area is 117 Å². The zero-order chi connectivity index (χ0) is 11.5. The lowest BCUT2D eigenvalue weighted by molar-refractivity contribution is -0.689. The minimum absolute atomic E-state index is 0. The number of halogens is 1. The van der Waals surface area contributed by atoms with E-state index in [1.54, 1.807) is 6.20 Å². The molecule has 0 aliphatic carbocycles. The first kappa shape index (κ1) is 13.9. The number of ketones is 1. The van der Waals surface area contributed by atoms with Crippen molar-refractivity contribution in [1.82, 2.24) is 14.5 Å². The molecule has 1 N–H and O–H groups in total. The molecule has 0 saturated heterocycles. The van der Waals surface area contributed by atoms with Crippen LogP contribution in [0.4, 0.5) is 0 Å². The molecule has 6 heteroatoms. The molecule has 0 saturated carbocycles. The molecule has 2 aromatic rings. The van der Waals surface area contributed by atoms with E-state index in [9.17, 15) is 4.79 Å². The van der Waals surface area contributed by atoms with Crippen LogP contribution in [0.3, 0.4) is 0 Å². The van der Waals surface area contributed by atoms with Gasteiger partial charge in [-0.05, 0) is 6.92 Å². The van der Waals surface area contributed by atoms with Crippen LogP contribution in [0.15, 0.2) is 24.8 Å². The van der Waals surface area contributed by atoms with Crippen LogP contribution in [0.1, 0.15) is 11.6 Å². The second-order valence-corrected chi connectivity index (χ2v) is 3.81. The molecule has 0 atom stereocenters. The molecule has 0 spiro atoms. The maximum absolute atomic E-state index is 11.8. The van der Waals surface area contributed by atoms with E-state index in [0.717, 1.165) is 11.6 Å². The predicted molar refractivity (Wildman–Crippen MR) is 57.7 cm³/mol. The quantitative estimate of drug-likeness (QED) is 0.487. The second kappa shape index (κ2) is 5.95. The number of aromatic amines is 1. The number of carbonyl (C=O) groups excluding carboxylic acids is 1. The molecule has 5 nitrogen and oxygen atoms in total. The lowest BCUT2D eigenvalue weighted by Gasteiger charge is -2.02. The van der Waals surface area contributed by atoms with Gasteiger partial charge in [0.05, 0.1) is 6.54 Å². The van der Waals surface area contributed by atoms with Crippen LogP contribution in [0.5, 0.6) is 0 Å². The number of H-pyrrole nitrogens is 1. The normalized spacial score (nSPS) is 10.0. The number of aromatic nitrogens is 4. The van der Waals surface area contributed by atoms with Gasteiger partial charge in [-0.1, -0.05) is 0 Å². The van der Waals surface area contributed by atoms with E-state index in [1.165, 1.54) is 0 Å². The lowest BCUT2D eigenvalue weighted by atomic mass is 10.3. The molecule has 0 amide bonds. The number of imidazole rings is 2. The van der Waals surface area contributed by atoms with E-state index in [2.05, 4.69) is 9.97 Å². The summed E-state index contributed by atoms with van der Waals surface area (Å²) in [6, 6.07) is 0. The van der Waals surface area contributed by atoms with Crippen LogP contribution in [0.25, 0.3) is 0 Å². The van der Waals surface area contributed by atoms with Gasteiger partial charge < -0.3 is 28.5 Å². The minimum atomic E-state index is 0. The molecule has 2 aromatic heterocycles. The maximum atomic E-state index is 11.8. The highest BCUT2D eigenvalue weighted by Gasteiger charge is 2.11. The Morgan fingerprint density at radius 3 is 2.82 bits per heavy atom. The van der Waals surface area contributed by atoms with Gasteiger partial charge in [-0.15, -0.1) is 0 Å². The highest BCUT2D eigenvalue weighted by molar-refractivity contribution is 5.76. The molecule has 0 radical (unpaired) electrons. The van der Waals surface area contributed by atoms with Gasteiger partial charge in [0, 0.05) is 19.3 Å². The third kappa shape index (κ3) is 3.39. The number of hydrogen-bond donors (Lipinski definition) is 1. The predicted octanol–water partition coefficient (Wildman–Crippen LogP) is -2.61. The first-order valence-corrected chi connectivity index (χ1v) is 5.19. The van der Waals surface area contributed by atoms with Gasteiger partial charge in [0.25, 0.3) is 5.82 Å². The van der Waals surface area contributed by atoms with E-state index in [4.69, 9.17) is 0 Å². The number of aryl methyl sites for hydroxylation is 2. The summed E-state index contributed by atoms with van der Waals surface area (Å²) in [5.41, 5.74) is 0. The van der Waals surface area contributed by atoms with Crippen LogP contribution in [-0.2, 0) is 17.9 Å². The number of nitrogens with zero attached hydrogens (tertiary/aromatic N) is 3. The average Bonchev–Trinajstić information content (AvgIpc) is 2.79. The molecule has 0 unspecified atom stereocenters. The van der Waals surface area contributed by atoms with Crippen molar-refractivity contribution in [3.05, 3.63) is 36.4 Å². The molecular formula is C11H15IN4O. The summed E-state index contributed by atoms with van der Waals surface area (Å²) in [6.07, 6.45) is 7.22. The van der Waals surface area contributed by atoms with E-state index >= 15 is 0 Å². The van der Waals surface area contributed by atoms with Gasteiger partial charge in [-0.3, -0.25) is 4.79 Å². The average molecular weight is 346 g/mol. The minimum Gasteiger partial charge on any atom is -1.00 e. The summed E-state index contributed by atoms with van der Waals surface area (Å²) >= 11 is 0. The maximum Gasteiger partial charge on any atom is 0.251 e. The standard InChI is InChI=1S/C11H14N4O.HI/c1-9-12-3-5-14(9)7-11(16)8-15-6-4-13-10(15)2;/h3-6H,7-8H2,1-2H3;1H. The van der Waals surface area contributed by atoms with E-state index in [0.29, 0.717) is 13.1 Å². The van der Waals surface area contributed by atoms with E-state index in [-0.39, 0.29) is 29.8 Å². The molecule has 0 aliphatic heterocycles. The molecule has 2 heterocycles. The van der Waals surface area contributed by atoms with Gasteiger partial charge >= 0.3 is 0 Å². The fourth-order valence-corrected chi connectivity index (χ4v) is 1.61. The van der Waals surface area contributed by atoms with Crippen molar-refractivity contribution >= 4 is 5.78 Å². The third-order valence-electron chi connectivity index (χ3n) is 2.59. The van der Waals surface area contributed by atoms with Crippen molar-refractivity contribution in [2.75, 3.05) is 0 Å². The van der Waals surface area contributed by atoms with Gasteiger partial charge in [-0.25, -0.2) is 14.5 Å². The zero-order valence-electron chi connectivity index (χ0n) is 9.85. The highest BCUT2D eigenvalue weighted by atomic mass is 127. The molecule has 0 aromatic carbocycles. The number of carbonyl (C=O) groups is 1. The van der Waals surface area contributed by atoms with Crippen LogP contribution in [0, 0.1) is 13.8 Å². The van der Waals surface area contributed by atoms with Crippen LogP contribution >= 0.6 is 0 Å². The monoisotopic (exact) mass is 346 g/mol. The Morgan fingerprint density at radius 2 is 2.29 bits per heavy atom. The number of hydrogen-bond acceptors (Lipinski definition) is 2. The zero-order valence-corrected chi connectivity index (χ0v) is 12.0. The largest absolute Gasteiger partial charge is 1.00 e. The molecule has 0 bridgehead atoms. The van der Waals surface area contributed by atoms with Crippen LogP contribution in [-0.4, -0.2) is 20.3 Å². The first-order valence-electron chi connectivity index (χ1n) is 5.19. The molecular weight excluding hydrogens is 331 g/mol. The highest BCUT2D eigenvalue weighted by Crippen LogP contribution is 1.95. The number of nitrogens with one attached hydrogen (secondary N) is 1. The fraction of sp³-hybridized carbons (Fsp3) is 0.364. The van der Waals surface area contributed by atoms with Gasteiger partial charge in [0.2, 0.25) is 0 Å². The first-order chi connectivity index (χ1) is 7.66. The Kier molecular flexibility index (Phi) is 4.86. The van der Waals surface area contributed by atoms with Crippen LogP contribution in [0.2, 0.25) is 0 Å². The third-order valence-corrected chi connectivity index (χ3v) is 2.59. The van der Waals surface area contributed by atoms with Crippen molar-refractivity contribution in [2.24, 2.45) is 0 Å². The smallest absolute Gasteiger partial charge is 0.251 e. The second-order valence-electron chi connectivity index (χ2n) is 3.81. The van der Waals surface area contributed by atoms with Crippen molar-refractivity contribution < 1.29 is 33.3 Å². The van der Waals surface area contributed by atoms with Crippen molar-refractivity contribution in [2.45, 2.75) is 26.9 Å². The van der Waals surface area contributed by atoms with Gasteiger partial charge in [0.15, 0.2) is 12.3 Å². The SMILES string of the molecule is Cc1nccn1CC(=O)C[n+]1cc[nH]c1C.[I-]. The molecule has 92 valence electrons. The topological polar surface area (TPSA) is 54.6 Å². The Bertz CT molecular complexity index is 459. The fourth-order valence-electron chi connectivity index (χ4n) is 1.61. The summed E-state index contributed by atoms with van der Waals surface area (Å²) in [5, 5.41) is 0. The number of Topliss-reactive ketones (excluding diaryl/α,β-unsaturated/α-hetero) is 1. The van der Waals surface area contributed by atoms with Gasteiger partial charge in [-0.2, -0.15) is 0 Å². The molecule has 0 aliphatic rings. The lowest BCUT2D eigenvalue weighted by Crippen LogP contribution is -3.00. The van der Waals surface area contributed by atoms with Gasteiger partial charge in [0.1, 0.15) is 18.2 Å². The number of rotatable bonds is 4. The summed E-state index contributed by atoms with van der Waals surface area (Å²) in [4.78, 5) is 18.9. The summed E-state index contributed by atoms with van der Waals surface area (Å²) in [6.45, 7) is 4.61. The molecule has 17 heavy (non-hydrogen) atoms. The molecule has 0 fully saturated rings. The summed E-state index contributed by atoms with van der Waals surface area (Å²) < 4.78 is 3.75. The Hall–Kier alpha value is -1.18. The summed E-state index contributed by atoms with van der Waals surface area (Å²) in [5.74, 6) is 2.01. The van der Waals surface area contributed by atoms with E-state index < -0.39 is 0 Å². The van der Waals surface area contributed by atoms with Crippen molar-refractivity contribution in [1.29, 1.82) is 0 Å². The van der Waals surface area contributed by atoms with E-state index in [1.807, 2.05) is 41.6 Å².